The zero-order chi connectivity index (χ0) is 13.6. The molecule has 0 spiro atoms. The van der Waals surface area contributed by atoms with E-state index in [9.17, 15) is 0 Å². The van der Waals surface area contributed by atoms with E-state index in [0.717, 1.165) is 31.2 Å². The summed E-state index contributed by atoms with van der Waals surface area (Å²) < 4.78 is 4.04. The number of benzene rings is 2. The molecular formula is C14H11Br2N3. The lowest BCUT2D eigenvalue weighted by atomic mass is 10.2. The number of nitrogens with two attached hydrogens (primary N) is 1. The molecule has 0 unspecified atom stereocenters. The molecule has 0 aliphatic heterocycles. The Bertz CT molecular complexity index is 778. The predicted octanol–water partition coefficient (Wildman–Crippen LogP) is 4.44. The third-order valence-electron chi connectivity index (χ3n) is 3.12. The highest BCUT2D eigenvalue weighted by atomic mass is 79.9. The van der Waals surface area contributed by atoms with E-state index in [1.165, 1.54) is 0 Å². The molecule has 1 heterocycles. The third kappa shape index (κ3) is 2.07. The molecule has 0 atom stereocenters. The number of imidazole rings is 1. The number of fused-ring (bicyclic) bond motifs is 1. The minimum Gasteiger partial charge on any atom is -0.369 e. The van der Waals surface area contributed by atoms with Crippen molar-refractivity contribution in [1.82, 2.24) is 9.55 Å². The van der Waals surface area contributed by atoms with Gasteiger partial charge >= 0.3 is 0 Å². The molecule has 0 radical (unpaired) electrons. The minimum absolute atomic E-state index is 0.495. The molecule has 0 fully saturated rings. The van der Waals surface area contributed by atoms with Crippen LogP contribution in [0.2, 0.25) is 0 Å². The number of anilines is 1. The van der Waals surface area contributed by atoms with Crippen molar-refractivity contribution >= 4 is 48.8 Å². The number of rotatable bonds is 1. The average Bonchev–Trinajstić information content (AvgIpc) is 2.69. The molecular weight excluding hydrogens is 370 g/mol. The van der Waals surface area contributed by atoms with Gasteiger partial charge in [0.05, 0.1) is 16.7 Å². The summed E-state index contributed by atoms with van der Waals surface area (Å²) in [5.74, 6) is 0.495. The first-order valence-corrected chi connectivity index (χ1v) is 7.35. The lowest BCUT2D eigenvalue weighted by molar-refractivity contribution is 1.09. The van der Waals surface area contributed by atoms with Crippen LogP contribution in [0.4, 0.5) is 5.95 Å². The normalized spacial score (nSPS) is 11.1. The SMILES string of the molecule is Cc1c(Br)cccc1-n1c(N)nc2ccc(Br)cc21. The highest BCUT2D eigenvalue weighted by molar-refractivity contribution is 9.10. The number of hydrogen-bond donors (Lipinski definition) is 1. The Morgan fingerprint density at radius 2 is 1.95 bits per heavy atom. The van der Waals surface area contributed by atoms with Crippen LogP contribution < -0.4 is 5.73 Å². The molecule has 19 heavy (non-hydrogen) atoms. The first-order valence-electron chi connectivity index (χ1n) is 5.77. The monoisotopic (exact) mass is 379 g/mol. The molecule has 2 aromatic carbocycles. The van der Waals surface area contributed by atoms with Crippen molar-refractivity contribution in [2.24, 2.45) is 0 Å². The van der Waals surface area contributed by atoms with Crippen LogP contribution in [0, 0.1) is 6.92 Å². The zero-order valence-electron chi connectivity index (χ0n) is 10.2. The predicted molar refractivity (Wildman–Crippen MR) is 85.6 cm³/mol. The molecule has 96 valence electrons. The standard InChI is InChI=1S/C14H11Br2N3/c1-8-10(16)3-2-4-12(8)19-13-7-9(15)5-6-11(13)18-14(19)17/h2-7H,1H3,(H2,17,18). The number of halogens is 2. The van der Waals surface area contributed by atoms with Gasteiger partial charge in [0.15, 0.2) is 0 Å². The van der Waals surface area contributed by atoms with E-state index in [0.29, 0.717) is 5.95 Å². The van der Waals surface area contributed by atoms with Gasteiger partial charge in [-0.1, -0.05) is 37.9 Å². The second kappa shape index (κ2) is 4.65. The Balaban J connectivity index is 2.39. The molecule has 0 amide bonds. The topological polar surface area (TPSA) is 43.8 Å². The molecule has 0 aliphatic carbocycles. The van der Waals surface area contributed by atoms with Gasteiger partial charge in [0.25, 0.3) is 0 Å². The molecule has 0 aliphatic rings. The Labute approximate surface area is 127 Å². The van der Waals surface area contributed by atoms with Crippen molar-refractivity contribution in [1.29, 1.82) is 0 Å². The number of hydrogen-bond acceptors (Lipinski definition) is 2. The fourth-order valence-electron chi connectivity index (χ4n) is 2.16. The van der Waals surface area contributed by atoms with Crippen LogP contribution in [-0.2, 0) is 0 Å². The molecule has 3 aromatic rings. The average molecular weight is 381 g/mol. The molecule has 5 heteroatoms. The van der Waals surface area contributed by atoms with E-state index in [2.05, 4.69) is 43.8 Å². The lowest BCUT2D eigenvalue weighted by Crippen LogP contribution is -2.02. The van der Waals surface area contributed by atoms with Gasteiger partial charge in [0, 0.05) is 8.95 Å². The van der Waals surface area contributed by atoms with E-state index in [1.54, 1.807) is 0 Å². The van der Waals surface area contributed by atoms with E-state index < -0.39 is 0 Å². The number of nitrogens with zero attached hydrogens (tertiary/aromatic N) is 2. The first kappa shape index (κ1) is 12.7. The van der Waals surface area contributed by atoms with Gasteiger partial charge < -0.3 is 5.73 Å². The summed E-state index contributed by atoms with van der Waals surface area (Å²) in [5, 5.41) is 0. The van der Waals surface area contributed by atoms with Gasteiger partial charge in [-0.3, -0.25) is 4.57 Å². The van der Waals surface area contributed by atoms with E-state index in [4.69, 9.17) is 5.73 Å². The fourth-order valence-corrected chi connectivity index (χ4v) is 2.86. The van der Waals surface area contributed by atoms with Crippen LogP contribution in [0.3, 0.4) is 0 Å². The Hall–Kier alpha value is -1.33. The summed E-state index contributed by atoms with van der Waals surface area (Å²) in [5.41, 5.74) is 10.1. The van der Waals surface area contributed by atoms with Gasteiger partial charge in [-0.15, -0.1) is 0 Å². The summed E-state index contributed by atoms with van der Waals surface area (Å²) in [7, 11) is 0. The summed E-state index contributed by atoms with van der Waals surface area (Å²) in [6.07, 6.45) is 0. The minimum atomic E-state index is 0.495. The maximum absolute atomic E-state index is 6.08. The summed E-state index contributed by atoms with van der Waals surface area (Å²) in [6, 6.07) is 12.0. The molecule has 2 N–H and O–H groups in total. The van der Waals surface area contributed by atoms with Crippen LogP contribution in [-0.4, -0.2) is 9.55 Å². The largest absolute Gasteiger partial charge is 0.369 e. The van der Waals surface area contributed by atoms with Gasteiger partial charge in [-0.2, -0.15) is 0 Å². The van der Waals surface area contributed by atoms with E-state index >= 15 is 0 Å². The van der Waals surface area contributed by atoms with Gasteiger partial charge in [-0.25, -0.2) is 4.98 Å². The summed E-state index contributed by atoms with van der Waals surface area (Å²) in [6.45, 7) is 2.06. The fraction of sp³-hybridized carbons (Fsp3) is 0.0714. The van der Waals surface area contributed by atoms with Crippen molar-refractivity contribution < 1.29 is 0 Å². The third-order valence-corrected chi connectivity index (χ3v) is 4.47. The Morgan fingerprint density at radius 1 is 1.16 bits per heavy atom. The maximum atomic E-state index is 6.08. The van der Waals surface area contributed by atoms with Gasteiger partial charge in [0.2, 0.25) is 5.95 Å². The number of nitrogen functional groups attached to an aromatic ring is 1. The van der Waals surface area contributed by atoms with Crippen LogP contribution in [0.15, 0.2) is 45.3 Å². The van der Waals surface area contributed by atoms with Crippen molar-refractivity contribution in [2.45, 2.75) is 6.92 Å². The zero-order valence-corrected chi connectivity index (χ0v) is 13.4. The van der Waals surface area contributed by atoms with Gasteiger partial charge in [-0.05, 0) is 42.8 Å². The van der Waals surface area contributed by atoms with Crippen LogP contribution >= 0.6 is 31.9 Å². The van der Waals surface area contributed by atoms with Crippen molar-refractivity contribution in [3.63, 3.8) is 0 Å². The smallest absolute Gasteiger partial charge is 0.205 e. The summed E-state index contributed by atoms with van der Waals surface area (Å²) >= 11 is 7.04. The molecule has 3 rings (SSSR count). The van der Waals surface area contributed by atoms with E-state index in [1.807, 2.05) is 41.0 Å². The molecule has 0 saturated carbocycles. The van der Waals surface area contributed by atoms with Crippen LogP contribution in [0.1, 0.15) is 5.56 Å². The highest BCUT2D eigenvalue weighted by Crippen LogP contribution is 2.29. The van der Waals surface area contributed by atoms with Crippen LogP contribution in [0.25, 0.3) is 16.7 Å². The van der Waals surface area contributed by atoms with Crippen LogP contribution in [0.5, 0.6) is 0 Å². The van der Waals surface area contributed by atoms with Crippen molar-refractivity contribution in [3.05, 3.63) is 50.9 Å². The molecule has 0 bridgehead atoms. The Kier molecular flexibility index (Phi) is 3.11. The second-order valence-electron chi connectivity index (χ2n) is 4.32. The molecule has 3 nitrogen and oxygen atoms in total. The van der Waals surface area contributed by atoms with Crippen molar-refractivity contribution in [3.8, 4) is 5.69 Å². The number of aromatic nitrogens is 2. The maximum Gasteiger partial charge on any atom is 0.205 e. The summed E-state index contributed by atoms with van der Waals surface area (Å²) in [4.78, 5) is 4.41. The van der Waals surface area contributed by atoms with Crippen molar-refractivity contribution in [2.75, 3.05) is 5.73 Å². The first-order chi connectivity index (χ1) is 9.08. The molecule has 0 saturated heterocycles. The lowest BCUT2D eigenvalue weighted by Gasteiger charge is -2.11. The molecule has 1 aromatic heterocycles. The quantitative estimate of drug-likeness (QED) is 0.678. The Morgan fingerprint density at radius 3 is 2.74 bits per heavy atom. The van der Waals surface area contributed by atoms with Gasteiger partial charge in [0.1, 0.15) is 0 Å². The second-order valence-corrected chi connectivity index (χ2v) is 6.09. The highest BCUT2D eigenvalue weighted by Gasteiger charge is 2.13. The van der Waals surface area contributed by atoms with E-state index in [-0.39, 0.29) is 0 Å².